The Morgan fingerprint density at radius 3 is 2.62 bits per heavy atom. The van der Waals surface area contributed by atoms with Crippen LogP contribution in [-0.4, -0.2) is 51.9 Å². The summed E-state index contributed by atoms with van der Waals surface area (Å²) < 4.78 is 17.7. The Bertz CT molecular complexity index is 1000. The maximum Gasteiger partial charge on any atom is 0.338 e. The summed E-state index contributed by atoms with van der Waals surface area (Å²) in [5.74, 6) is 0.136. The number of tetrazole rings is 1. The number of hydrogen-bond acceptors (Lipinski definition) is 8. The van der Waals surface area contributed by atoms with Gasteiger partial charge in [0.15, 0.2) is 18.1 Å². The van der Waals surface area contributed by atoms with E-state index in [2.05, 4.69) is 20.8 Å². The summed E-state index contributed by atoms with van der Waals surface area (Å²) >= 11 is 0. The number of fused-ring (bicyclic) bond motifs is 1. The van der Waals surface area contributed by atoms with Gasteiger partial charge in [-0.15, -0.1) is 5.10 Å². The topological polar surface area (TPSA) is 117 Å². The minimum Gasteiger partial charge on any atom is -0.490 e. The molecule has 0 bridgehead atoms. The van der Waals surface area contributed by atoms with Crippen molar-refractivity contribution in [3.8, 4) is 17.2 Å². The molecular weight excluding hydrogens is 378 g/mol. The smallest absolute Gasteiger partial charge is 0.338 e. The van der Waals surface area contributed by atoms with E-state index in [0.717, 1.165) is 6.42 Å². The lowest BCUT2D eigenvalue weighted by atomic mass is 10.2. The third kappa shape index (κ3) is 4.49. The van der Waals surface area contributed by atoms with Crippen molar-refractivity contribution in [1.29, 1.82) is 0 Å². The van der Waals surface area contributed by atoms with Gasteiger partial charge in [0.25, 0.3) is 5.91 Å². The number of benzene rings is 2. The summed E-state index contributed by atoms with van der Waals surface area (Å²) in [6, 6.07) is 11.6. The van der Waals surface area contributed by atoms with E-state index < -0.39 is 18.5 Å². The van der Waals surface area contributed by atoms with E-state index in [1.807, 2.05) is 0 Å². The lowest BCUT2D eigenvalue weighted by Crippen LogP contribution is -2.21. The predicted molar refractivity (Wildman–Crippen MR) is 100 cm³/mol. The highest BCUT2D eigenvalue weighted by Crippen LogP contribution is 2.32. The molecule has 148 valence electrons. The quantitative estimate of drug-likeness (QED) is 0.648. The van der Waals surface area contributed by atoms with E-state index >= 15 is 0 Å². The van der Waals surface area contributed by atoms with Gasteiger partial charge in [-0.05, 0) is 46.8 Å². The average Bonchev–Trinajstić information content (AvgIpc) is 3.18. The van der Waals surface area contributed by atoms with Crippen molar-refractivity contribution in [2.45, 2.75) is 6.42 Å². The third-order valence-corrected chi connectivity index (χ3v) is 4.08. The molecule has 1 aliphatic rings. The molecule has 0 saturated heterocycles. The molecule has 29 heavy (non-hydrogen) atoms. The van der Waals surface area contributed by atoms with Crippen LogP contribution in [0.3, 0.4) is 0 Å². The molecule has 0 unspecified atom stereocenters. The van der Waals surface area contributed by atoms with Crippen molar-refractivity contribution in [3.63, 3.8) is 0 Å². The van der Waals surface area contributed by atoms with E-state index in [9.17, 15) is 9.59 Å². The number of hydrogen-bond donors (Lipinski definition) is 1. The van der Waals surface area contributed by atoms with E-state index in [1.54, 1.807) is 42.5 Å². The van der Waals surface area contributed by atoms with Crippen LogP contribution in [0.5, 0.6) is 11.5 Å². The number of carbonyl (C=O) groups excluding carboxylic acids is 2. The molecule has 10 nitrogen and oxygen atoms in total. The maximum atomic E-state index is 12.1. The minimum absolute atomic E-state index is 0.310. The largest absolute Gasteiger partial charge is 0.490 e. The number of amides is 1. The monoisotopic (exact) mass is 395 g/mol. The Labute approximate surface area is 165 Å². The lowest BCUT2D eigenvalue weighted by molar-refractivity contribution is -0.119. The highest BCUT2D eigenvalue weighted by Gasteiger charge is 2.14. The summed E-state index contributed by atoms with van der Waals surface area (Å²) in [6.07, 6.45) is 2.24. The number of anilines is 1. The molecule has 2 heterocycles. The Hall–Kier alpha value is -3.95. The molecule has 4 rings (SSSR count). The van der Waals surface area contributed by atoms with Crippen molar-refractivity contribution >= 4 is 17.6 Å². The Balaban J connectivity index is 1.31. The summed E-state index contributed by atoms with van der Waals surface area (Å²) in [4.78, 5) is 24.3. The van der Waals surface area contributed by atoms with Crippen LogP contribution in [0.2, 0.25) is 0 Å². The molecule has 0 aliphatic carbocycles. The van der Waals surface area contributed by atoms with Crippen LogP contribution < -0.4 is 14.8 Å². The summed E-state index contributed by atoms with van der Waals surface area (Å²) in [7, 11) is 0. The number of nitrogens with one attached hydrogen (secondary N) is 1. The van der Waals surface area contributed by atoms with Crippen LogP contribution in [0.25, 0.3) is 5.69 Å². The van der Waals surface area contributed by atoms with Gasteiger partial charge < -0.3 is 19.5 Å². The first kappa shape index (κ1) is 18.4. The second-order valence-electron chi connectivity index (χ2n) is 6.14. The van der Waals surface area contributed by atoms with Crippen LogP contribution in [0.4, 0.5) is 5.69 Å². The number of ether oxygens (including phenoxy) is 3. The molecule has 2 aromatic carbocycles. The normalized spacial score (nSPS) is 12.7. The molecule has 0 atom stereocenters. The fourth-order valence-corrected chi connectivity index (χ4v) is 2.68. The summed E-state index contributed by atoms with van der Waals surface area (Å²) in [6.45, 7) is 0.724. The number of esters is 1. The van der Waals surface area contributed by atoms with Crippen LogP contribution in [0, 0.1) is 0 Å². The van der Waals surface area contributed by atoms with Gasteiger partial charge in [0.05, 0.1) is 24.5 Å². The molecule has 0 spiro atoms. The van der Waals surface area contributed by atoms with Gasteiger partial charge in [0.1, 0.15) is 6.33 Å². The summed E-state index contributed by atoms with van der Waals surface area (Å²) in [5.41, 5.74) is 1.53. The molecular formula is C19H17N5O5. The van der Waals surface area contributed by atoms with Crippen LogP contribution >= 0.6 is 0 Å². The zero-order chi connectivity index (χ0) is 20.1. The zero-order valence-electron chi connectivity index (χ0n) is 15.3. The van der Waals surface area contributed by atoms with Crippen molar-refractivity contribution in [3.05, 3.63) is 54.4 Å². The van der Waals surface area contributed by atoms with Gasteiger partial charge in [-0.2, -0.15) is 0 Å². The van der Waals surface area contributed by atoms with Crippen LogP contribution in [-0.2, 0) is 9.53 Å². The molecule has 0 fully saturated rings. The highest BCUT2D eigenvalue weighted by molar-refractivity contribution is 5.95. The Kier molecular flexibility index (Phi) is 5.32. The Morgan fingerprint density at radius 2 is 1.86 bits per heavy atom. The second-order valence-corrected chi connectivity index (χ2v) is 6.14. The van der Waals surface area contributed by atoms with Crippen LogP contribution in [0.15, 0.2) is 48.8 Å². The van der Waals surface area contributed by atoms with Gasteiger partial charge in [-0.25, -0.2) is 9.48 Å². The standard InChI is InChI=1S/C19H17N5O5/c25-18(21-14-4-7-16-17(10-14)28-9-1-8-27-16)11-29-19(26)13-2-5-15(6-3-13)24-12-20-22-23-24/h2-7,10,12H,1,8-9,11H2,(H,21,25). The first-order chi connectivity index (χ1) is 14.2. The number of carbonyl (C=O) groups is 2. The first-order valence-electron chi connectivity index (χ1n) is 8.89. The molecule has 1 N–H and O–H groups in total. The van der Waals surface area contributed by atoms with Gasteiger partial charge in [-0.3, -0.25) is 4.79 Å². The first-order valence-corrected chi connectivity index (χ1v) is 8.89. The van der Waals surface area contributed by atoms with E-state index in [0.29, 0.717) is 41.7 Å². The van der Waals surface area contributed by atoms with Crippen molar-refractivity contribution in [1.82, 2.24) is 20.2 Å². The number of nitrogens with zero attached hydrogens (tertiary/aromatic N) is 4. The number of rotatable bonds is 5. The van der Waals surface area contributed by atoms with Gasteiger partial charge >= 0.3 is 5.97 Å². The van der Waals surface area contributed by atoms with Crippen molar-refractivity contribution in [2.24, 2.45) is 0 Å². The molecule has 1 aliphatic heterocycles. The summed E-state index contributed by atoms with van der Waals surface area (Å²) in [5, 5.41) is 13.5. The SMILES string of the molecule is O=C(COC(=O)c1ccc(-n2cnnn2)cc1)Nc1ccc2c(c1)OCCCO2. The van der Waals surface area contributed by atoms with Crippen molar-refractivity contribution in [2.75, 3.05) is 25.1 Å². The fraction of sp³-hybridized carbons (Fsp3) is 0.211. The van der Waals surface area contributed by atoms with E-state index in [1.165, 1.54) is 11.0 Å². The molecule has 10 heteroatoms. The maximum absolute atomic E-state index is 12.1. The van der Waals surface area contributed by atoms with Gasteiger partial charge in [0, 0.05) is 18.2 Å². The fourth-order valence-electron chi connectivity index (χ4n) is 2.68. The van der Waals surface area contributed by atoms with Gasteiger partial charge in [-0.1, -0.05) is 0 Å². The average molecular weight is 395 g/mol. The third-order valence-electron chi connectivity index (χ3n) is 4.08. The minimum atomic E-state index is -0.609. The molecule has 0 radical (unpaired) electrons. The molecule has 1 aromatic heterocycles. The molecule has 3 aromatic rings. The van der Waals surface area contributed by atoms with Crippen LogP contribution in [0.1, 0.15) is 16.8 Å². The van der Waals surface area contributed by atoms with Gasteiger partial charge in [0.2, 0.25) is 0 Å². The number of aromatic nitrogens is 4. The molecule has 1 amide bonds. The lowest BCUT2D eigenvalue weighted by Gasteiger charge is -2.10. The van der Waals surface area contributed by atoms with Crippen molar-refractivity contribution < 1.29 is 23.8 Å². The van der Waals surface area contributed by atoms with E-state index in [-0.39, 0.29) is 0 Å². The predicted octanol–water partition coefficient (Wildman–Crippen LogP) is 1.62. The highest BCUT2D eigenvalue weighted by atomic mass is 16.5. The van der Waals surface area contributed by atoms with E-state index in [4.69, 9.17) is 14.2 Å². The second kappa shape index (κ2) is 8.38. The zero-order valence-corrected chi connectivity index (χ0v) is 15.3. The Morgan fingerprint density at radius 1 is 1.07 bits per heavy atom. The molecule has 0 saturated carbocycles.